The number of nitrogens with zero attached hydrogens (tertiary/aromatic N) is 2. The second-order valence-corrected chi connectivity index (χ2v) is 3.91. The molecule has 0 aromatic carbocycles. The van der Waals surface area contributed by atoms with Gasteiger partial charge in [-0.15, -0.1) is 0 Å². The first kappa shape index (κ1) is 12.7. The number of aliphatic carboxylic acids is 1. The molecule has 4 heteroatoms. The molecule has 0 amide bonds. The van der Waals surface area contributed by atoms with Gasteiger partial charge in [0.15, 0.2) is 0 Å². The fourth-order valence-electron chi connectivity index (χ4n) is 1.70. The van der Waals surface area contributed by atoms with Gasteiger partial charge in [-0.25, -0.2) is 0 Å². The molecule has 0 radical (unpaired) electrons. The van der Waals surface area contributed by atoms with Crippen LogP contribution >= 0.6 is 0 Å². The molecule has 0 spiro atoms. The van der Waals surface area contributed by atoms with Crippen LogP contribution in [-0.2, 0) is 24.2 Å². The molecule has 0 atom stereocenters. The Morgan fingerprint density at radius 2 is 2.12 bits per heavy atom. The standard InChI is InChI=1S/C12H20N2O2/c1-3-10-9-11(4-2)14(13-10)8-6-5-7-12(15)16/h9H,3-8H2,1-2H3,(H,15,16). The van der Waals surface area contributed by atoms with Crippen LogP contribution in [-0.4, -0.2) is 20.9 Å². The van der Waals surface area contributed by atoms with Gasteiger partial charge >= 0.3 is 5.97 Å². The predicted molar refractivity (Wildman–Crippen MR) is 62.5 cm³/mol. The van der Waals surface area contributed by atoms with Crippen LogP contribution in [0.1, 0.15) is 44.5 Å². The number of aromatic nitrogens is 2. The first-order valence-corrected chi connectivity index (χ1v) is 5.94. The van der Waals surface area contributed by atoms with Gasteiger partial charge in [0.05, 0.1) is 5.69 Å². The summed E-state index contributed by atoms with van der Waals surface area (Å²) in [6.07, 6.45) is 3.79. The SMILES string of the molecule is CCc1cc(CC)n(CCCCC(=O)O)n1. The van der Waals surface area contributed by atoms with Gasteiger partial charge in [0.25, 0.3) is 0 Å². The van der Waals surface area contributed by atoms with E-state index in [9.17, 15) is 4.79 Å². The quantitative estimate of drug-likeness (QED) is 0.723. The molecular formula is C12H20N2O2. The van der Waals surface area contributed by atoms with Gasteiger partial charge in [-0.2, -0.15) is 5.10 Å². The molecule has 0 unspecified atom stereocenters. The van der Waals surface area contributed by atoms with Crippen LogP contribution in [0, 0.1) is 0 Å². The summed E-state index contributed by atoms with van der Waals surface area (Å²) in [5.41, 5.74) is 2.36. The first-order valence-electron chi connectivity index (χ1n) is 5.94. The lowest BCUT2D eigenvalue weighted by atomic mass is 10.2. The molecule has 1 heterocycles. The summed E-state index contributed by atoms with van der Waals surface area (Å²) < 4.78 is 2.01. The van der Waals surface area contributed by atoms with E-state index in [1.165, 1.54) is 5.69 Å². The molecule has 0 bridgehead atoms. The Balaban J connectivity index is 2.45. The van der Waals surface area contributed by atoms with E-state index in [0.29, 0.717) is 0 Å². The van der Waals surface area contributed by atoms with E-state index in [-0.39, 0.29) is 6.42 Å². The Hall–Kier alpha value is -1.32. The summed E-state index contributed by atoms with van der Waals surface area (Å²) in [5, 5.41) is 13.0. The molecule has 1 N–H and O–H groups in total. The molecule has 16 heavy (non-hydrogen) atoms. The van der Waals surface area contributed by atoms with Crippen molar-refractivity contribution >= 4 is 5.97 Å². The molecule has 1 aromatic rings. The number of carboxylic acid groups (broad SMARTS) is 1. The van der Waals surface area contributed by atoms with Crippen LogP contribution in [0.3, 0.4) is 0 Å². The van der Waals surface area contributed by atoms with E-state index in [2.05, 4.69) is 25.0 Å². The van der Waals surface area contributed by atoms with Crippen LogP contribution in [0.5, 0.6) is 0 Å². The summed E-state index contributed by atoms with van der Waals surface area (Å²) in [7, 11) is 0. The molecule has 0 saturated heterocycles. The van der Waals surface area contributed by atoms with Crippen molar-refractivity contribution in [2.45, 2.75) is 52.5 Å². The van der Waals surface area contributed by atoms with Gasteiger partial charge in [-0.3, -0.25) is 9.48 Å². The molecule has 0 fully saturated rings. The van der Waals surface area contributed by atoms with Crippen LogP contribution in [0.15, 0.2) is 6.07 Å². The van der Waals surface area contributed by atoms with E-state index in [1.54, 1.807) is 0 Å². The van der Waals surface area contributed by atoms with E-state index in [0.717, 1.165) is 37.9 Å². The smallest absolute Gasteiger partial charge is 0.303 e. The molecule has 0 aliphatic rings. The maximum atomic E-state index is 10.4. The van der Waals surface area contributed by atoms with Gasteiger partial charge in [-0.1, -0.05) is 13.8 Å². The van der Waals surface area contributed by atoms with Crippen molar-refractivity contribution in [3.8, 4) is 0 Å². The largest absolute Gasteiger partial charge is 0.481 e. The van der Waals surface area contributed by atoms with Gasteiger partial charge < -0.3 is 5.11 Å². The van der Waals surface area contributed by atoms with Crippen molar-refractivity contribution in [3.05, 3.63) is 17.5 Å². The van der Waals surface area contributed by atoms with Crippen LogP contribution in [0.4, 0.5) is 0 Å². The highest BCUT2D eigenvalue weighted by Gasteiger charge is 2.05. The molecule has 1 rings (SSSR count). The number of rotatable bonds is 7. The Labute approximate surface area is 96.3 Å². The molecule has 4 nitrogen and oxygen atoms in total. The third-order valence-electron chi connectivity index (χ3n) is 2.65. The van der Waals surface area contributed by atoms with Crippen molar-refractivity contribution < 1.29 is 9.90 Å². The number of hydrogen-bond acceptors (Lipinski definition) is 2. The van der Waals surface area contributed by atoms with E-state index >= 15 is 0 Å². The summed E-state index contributed by atoms with van der Waals surface area (Å²) >= 11 is 0. The van der Waals surface area contributed by atoms with Crippen molar-refractivity contribution in [1.82, 2.24) is 9.78 Å². The normalized spacial score (nSPS) is 10.6. The molecule has 1 aromatic heterocycles. The monoisotopic (exact) mass is 224 g/mol. The highest BCUT2D eigenvalue weighted by molar-refractivity contribution is 5.66. The number of carboxylic acids is 1. The van der Waals surface area contributed by atoms with Crippen molar-refractivity contribution in [2.75, 3.05) is 0 Å². The van der Waals surface area contributed by atoms with Gasteiger partial charge in [0, 0.05) is 18.7 Å². The minimum absolute atomic E-state index is 0.253. The number of aryl methyl sites for hydroxylation is 3. The zero-order valence-electron chi connectivity index (χ0n) is 10.1. The van der Waals surface area contributed by atoms with Crippen LogP contribution in [0.2, 0.25) is 0 Å². The van der Waals surface area contributed by atoms with Gasteiger partial charge in [0.1, 0.15) is 0 Å². The third kappa shape index (κ3) is 3.68. The maximum absolute atomic E-state index is 10.4. The van der Waals surface area contributed by atoms with E-state index in [1.807, 2.05) is 4.68 Å². The Kier molecular flexibility index (Phi) is 5.02. The molecular weight excluding hydrogens is 204 g/mol. The summed E-state index contributed by atoms with van der Waals surface area (Å²) in [5.74, 6) is -0.717. The summed E-state index contributed by atoms with van der Waals surface area (Å²) in [6.45, 7) is 5.04. The van der Waals surface area contributed by atoms with Gasteiger partial charge in [0.2, 0.25) is 0 Å². The second kappa shape index (κ2) is 6.30. The van der Waals surface area contributed by atoms with Crippen LogP contribution < -0.4 is 0 Å². The Morgan fingerprint density at radius 3 is 2.69 bits per heavy atom. The average molecular weight is 224 g/mol. The minimum atomic E-state index is -0.717. The number of unbranched alkanes of at least 4 members (excludes halogenated alkanes) is 1. The average Bonchev–Trinajstić information content (AvgIpc) is 2.66. The second-order valence-electron chi connectivity index (χ2n) is 3.91. The fraction of sp³-hybridized carbons (Fsp3) is 0.667. The number of hydrogen-bond donors (Lipinski definition) is 1. The highest BCUT2D eigenvalue weighted by Crippen LogP contribution is 2.08. The summed E-state index contributed by atoms with van der Waals surface area (Å²) in [4.78, 5) is 10.4. The zero-order valence-corrected chi connectivity index (χ0v) is 10.1. The Bertz CT molecular complexity index is 345. The topological polar surface area (TPSA) is 55.1 Å². The van der Waals surface area contributed by atoms with Crippen molar-refractivity contribution in [1.29, 1.82) is 0 Å². The van der Waals surface area contributed by atoms with Crippen LogP contribution in [0.25, 0.3) is 0 Å². The number of carbonyl (C=O) groups is 1. The van der Waals surface area contributed by atoms with E-state index in [4.69, 9.17) is 5.11 Å². The first-order chi connectivity index (χ1) is 7.67. The molecule has 0 aliphatic carbocycles. The van der Waals surface area contributed by atoms with Gasteiger partial charge in [-0.05, 0) is 31.7 Å². The highest BCUT2D eigenvalue weighted by atomic mass is 16.4. The molecule has 0 aliphatic heterocycles. The summed E-state index contributed by atoms with van der Waals surface area (Å²) in [6, 6.07) is 2.14. The maximum Gasteiger partial charge on any atom is 0.303 e. The lowest BCUT2D eigenvalue weighted by Crippen LogP contribution is -2.05. The minimum Gasteiger partial charge on any atom is -0.481 e. The molecule has 90 valence electrons. The fourth-order valence-corrected chi connectivity index (χ4v) is 1.70. The zero-order chi connectivity index (χ0) is 12.0. The third-order valence-corrected chi connectivity index (χ3v) is 2.65. The lowest BCUT2D eigenvalue weighted by Gasteiger charge is -2.04. The van der Waals surface area contributed by atoms with Crippen molar-refractivity contribution in [2.24, 2.45) is 0 Å². The lowest BCUT2D eigenvalue weighted by molar-refractivity contribution is -0.137. The molecule has 0 saturated carbocycles. The predicted octanol–water partition coefficient (Wildman–Crippen LogP) is 2.26. The van der Waals surface area contributed by atoms with E-state index < -0.39 is 5.97 Å². The Morgan fingerprint density at radius 1 is 1.38 bits per heavy atom. The van der Waals surface area contributed by atoms with Crippen molar-refractivity contribution in [3.63, 3.8) is 0 Å².